The average Bonchev–Trinajstić information content (AvgIpc) is 3.83. The first-order valence-electron chi connectivity index (χ1n) is 22.2. The zero-order valence-electron chi connectivity index (χ0n) is 35.6. The Bertz CT molecular complexity index is 3400. The molecule has 13 rings (SSSR count). The first-order chi connectivity index (χ1) is 30.3. The Balaban J connectivity index is 1.09. The van der Waals surface area contributed by atoms with E-state index in [2.05, 4.69) is 225 Å². The van der Waals surface area contributed by atoms with Crippen molar-refractivity contribution in [2.75, 3.05) is 4.90 Å². The van der Waals surface area contributed by atoms with Crippen molar-refractivity contribution in [2.45, 2.75) is 51.0 Å². The Morgan fingerprint density at radius 2 is 0.984 bits per heavy atom. The highest BCUT2D eigenvalue weighted by molar-refractivity contribution is 6.14. The van der Waals surface area contributed by atoms with Crippen LogP contribution in [0.4, 0.5) is 11.4 Å². The molecule has 62 heavy (non-hydrogen) atoms. The largest absolute Gasteiger partial charge is 0.333 e. The van der Waals surface area contributed by atoms with Crippen LogP contribution in [0, 0.1) is 0 Å². The van der Waals surface area contributed by atoms with E-state index in [-0.39, 0.29) is 16.9 Å². The molecule has 0 saturated carbocycles. The topological polar surface area (TPSA) is 8.17 Å². The summed E-state index contributed by atoms with van der Waals surface area (Å²) in [5.41, 5.74) is 24.5. The number of rotatable bonds is 4. The highest BCUT2D eigenvalue weighted by Crippen LogP contribution is 2.61. The van der Waals surface area contributed by atoms with Gasteiger partial charge in [0.2, 0.25) is 0 Å². The SMILES string of the molecule is CC1(C)c2cc3c(cc2N2c4c(cc(-c5ccccc5)cc41)C1=CC(c4ccccc4)=CCC12)C(C)(C)c1cc(-c2ccccc2)cc2c4cc(-c5ccccc5)ccc4n-3c12. The second-order valence-corrected chi connectivity index (χ2v) is 18.9. The maximum atomic E-state index is 2.74. The molecule has 4 heterocycles. The van der Waals surface area contributed by atoms with Gasteiger partial charge in [0.1, 0.15) is 0 Å². The zero-order valence-corrected chi connectivity index (χ0v) is 35.6. The van der Waals surface area contributed by atoms with E-state index in [9.17, 15) is 0 Å². The molecule has 9 aromatic rings. The number of allylic oxidation sites excluding steroid dienone is 2. The van der Waals surface area contributed by atoms with Gasteiger partial charge in [0.25, 0.3) is 0 Å². The van der Waals surface area contributed by atoms with Crippen LogP contribution in [0.3, 0.4) is 0 Å². The van der Waals surface area contributed by atoms with Gasteiger partial charge in [0, 0.05) is 32.9 Å². The summed E-state index contributed by atoms with van der Waals surface area (Å²) in [4.78, 5) is 2.74. The Hall–Kier alpha value is -7.16. The van der Waals surface area contributed by atoms with Crippen LogP contribution in [0.1, 0.15) is 67.5 Å². The van der Waals surface area contributed by atoms with Crippen LogP contribution >= 0.6 is 0 Å². The standard InChI is InChI=1S/C60H46N2/c1-59(2)49-35-56-50(36-55(49)61-53-27-25-41(37-17-9-5-10-18-37)29-45(53)47-31-43(33-51(59)57(47)61)39-21-13-7-14-22-39)60(3,4)52-34-44(40-23-15-8-16-24-40)32-48-46-30-42(38-19-11-6-12-20-38)26-28-54(46)62(56)58(48)52/h5-27,29-36,54H,28H2,1-4H3. The van der Waals surface area contributed by atoms with Gasteiger partial charge in [-0.3, -0.25) is 0 Å². The summed E-state index contributed by atoms with van der Waals surface area (Å²) < 4.78 is 2.62. The summed E-state index contributed by atoms with van der Waals surface area (Å²) in [7, 11) is 0. The molecule has 1 unspecified atom stereocenters. The molecule has 4 aliphatic rings. The highest BCUT2D eigenvalue weighted by Gasteiger charge is 2.48. The molecule has 1 aliphatic carbocycles. The van der Waals surface area contributed by atoms with Gasteiger partial charge in [0.15, 0.2) is 0 Å². The Kier molecular flexibility index (Phi) is 7.28. The van der Waals surface area contributed by atoms with E-state index in [0.29, 0.717) is 0 Å². The molecule has 296 valence electrons. The lowest BCUT2D eigenvalue weighted by Crippen LogP contribution is -2.37. The van der Waals surface area contributed by atoms with Gasteiger partial charge >= 0.3 is 0 Å². The molecule has 0 amide bonds. The number of hydrogen-bond donors (Lipinski definition) is 0. The van der Waals surface area contributed by atoms with E-state index < -0.39 is 0 Å². The maximum absolute atomic E-state index is 2.74. The third kappa shape index (κ3) is 4.87. The fourth-order valence-electron chi connectivity index (χ4n) is 11.6. The Morgan fingerprint density at radius 1 is 0.452 bits per heavy atom. The molecule has 0 spiro atoms. The van der Waals surface area contributed by atoms with E-state index in [1.165, 1.54) is 117 Å². The molecule has 1 aromatic heterocycles. The van der Waals surface area contributed by atoms with Crippen LogP contribution in [0.2, 0.25) is 0 Å². The number of nitrogens with zero attached hydrogens (tertiary/aromatic N) is 2. The van der Waals surface area contributed by atoms with E-state index in [0.717, 1.165) is 6.42 Å². The fraction of sp³-hybridized carbons (Fsp3) is 0.133. The lowest BCUT2D eigenvalue weighted by atomic mass is 9.69. The summed E-state index contributed by atoms with van der Waals surface area (Å²) in [5, 5.41) is 2.60. The quantitative estimate of drug-likeness (QED) is 0.172. The molecule has 0 N–H and O–H groups in total. The van der Waals surface area contributed by atoms with Crippen LogP contribution in [-0.4, -0.2) is 10.6 Å². The summed E-state index contributed by atoms with van der Waals surface area (Å²) in [5.74, 6) is 0. The van der Waals surface area contributed by atoms with Crippen LogP contribution in [0.15, 0.2) is 188 Å². The van der Waals surface area contributed by atoms with Gasteiger partial charge in [-0.05, 0) is 133 Å². The zero-order chi connectivity index (χ0) is 41.5. The minimum Gasteiger partial charge on any atom is -0.333 e. The summed E-state index contributed by atoms with van der Waals surface area (Å²) in [6, 6.07) is 66.1. The predicted molar refractivity (Wildman–Crippen MR) is 261 cm³/mol. The van der Waals surface area contributed by atoms with E-state index in [1.54, 1.807) is 0 Å². The molecule has 0 saturated heterocycles. The maximum Gasteiger partial charge on any atom is 0.0633 e. The first kappa shape index (κ1) is 35.6. The van der Waals surface area contributed by atoms with Gasteiger partial charge in [-0.15, -0.1) is 0 Å². The molecule has 0 radical (unpaired) electrons. The van der Waals surface area contributed by atoms with Crippen molar-refractivity contribution in [2.24, 2.45) is 0 Å². The van der Waals surface area contributed by atoms with E-state index in [4.69, 9.17) is 0 Å². The van der Waals surface area contributed by atoms with Crippen molar-refractivity contribution in [3.05, 3.63) is 221 Å². The lowest BCUT2D eigenvalue weighted by molar-refractivity contribution is 0.606. The smallest absolute Gasteiger partial charge is 0.0633 e. The summed E-state index contributed by atoms with van der Waals surface area (Å²) in [6.07, 6.45) is 5.92. The molecular formula is C60H46N2. The van der Waals surface area contributed by atoms with Crippen molar-refractivity contribution < 1.29 is 0 Å². The average molecular weight is 795 g/mol. The van der Waals surface area contributed by atoms with Crippen molar-refractivity contribution in [1.82, 2.24) is 4.57 Å². The normalized spacial score (nSPS) is 17.2. The van der Waals surface area contributed by atoms with Gasteiger partial charge in [-0.25, -0.2) is 0 Å². The number of benzene rings is 8. The molecular weight excluding hydrogens is 749 g/mol. The second-order valence-electron chi connectivity index (χ2n) is 18.9. The van der Waals surface area contributed by atoms with Crippen LogP contribution in [-0.2, 0) is 10.8 Å². The number of fused-ring (bicyclic) bond motifs is 10. The minimum absolute atomic E-state index is 0.203. The van der Waals surface area contributed by atoms with Crippen molar-refractivity contribution in [1.29, 1.82) is 0 Å². The number of hydrogen-bond acceptors (Lipinski definition) is 1. The van der Waals surface area contributed by atoms with Crippen LogP contribution in [0.5, 0.6) is 0 Å². The monoisotopic (exact) mass is 794 g/mol. The number of anilines is 2. The Morgan fingerprint density at radius 3 is 1.65 bits per heavy atom. The lowest BCUT2D eigenvalue weighted by Gasteiger charge is -2.45. The van der Waals surface area contributed by atoms with Gasteiger partial charge in [-0.1, -0.05) is 161 Å². The molecule has 0 fully saturated rings. The molecule has 1 atom stereocenters. The second kappa shape index (κ2) is 12.7. The summed E-state index contributed by atoms with van der Waals surface area (Å²) >= 11 is 0. The van der Waals surface area contributed by atoms with E-state index in [1.807, 2.05) is 0 Å². The Labute approximate surface area is 363 Å². The molecule has 0 bridgehead atoms. The third-order valence-electron chi connectivity index (χ3n) is 14.8. The molecule has 8 aromatic carbocycles. The molecule has 3 aliphatic heterocycles. The van der Waals surface area contributed by atoms with Gasteiger partial charge in [0.05, 0.1) is 28.5 Å². The number of aromatic nitrogens is 1. The minimum atomic E-state index is -0.282. The predicted octanol–water partition coefficient (Wildman–Crippen LogP) is 15.5. The van der Waals surface area contributed by atoms with Gasteiger partial charge < -0.3 is 9.47 Å². The third-order valence-corrected chi connectivity index (χ3v) is 14.8. The first-order valence-corrected chi connectivity index (χ1v) is 22.2. The van der Waals surface area contributed by atoms with E-state index >= 15 is 0 Å². The van der Waals surface area contributed by atoms with Crippen molar-refractivity contribution >= 4 is 44.3 Å². The van der Waals surface area contributed by atoms with Crippen LogP contribution < -0.4 is 4.90 Å². The fourth-order valence-corrected chi connectivity index (χ4v) is 11.6. The molecule has 2 heteroatoms. The summed E-state index contributed by atoms with van der Waals surface area (Å²) in [6.45, 7) is 9.85. The van der Waals surface area contributed by atoms with Crippen molar-refractivity contribution in [3.63, 3.8) is 0 Å². The van der Waals surface area contributed by atoms with Gasteiger partial charge in [-0.2, -0.15) is 0 Å². The highest BCUT2D eigenvalue weighted by atomic mass is 15.2. The van der Waals surface area contributed by atoms with Crippen LogP contribution in [0.25, 0.3) is 72.0 Å². The molecule has 2 nitrogen and oxygen atoms in total. The van der Waals surface area contributed by atoms with Crippen molar-refractivity contribution in [3.8, 4) is 39.1 Å².